The Bertz CT molecular complexity index is 1380. The number of hydrogen-bond donors (Lipinski definition) is 5. The molecule has 0 atom stereocenters. The number of benzene rings is 2. The monoisotopic (exact) mass is 524 g/mol. The summed E-state index contributed by atoms with van der Waals surface area (Å²) in [4.78, 5) is 53.3. The quantitative estimate of drug-likeness (QED) is 0.339. The van der Waals surface area contributed by atoms with Crippen LogP contribution in [0.5, 0.6) is 5.75 Å². The Morgan fingerprint density at radius 3 is 2.58 bits per heavy atom. The summed E-state index contributed by atoms with van der Waals surface area (Å²) in [6.45, 7) is 1.21. The highest BCUT2D eigenvalue weighted by molar-refractivity contribution is 5.95. The molecule has 0 saturated carbocycles. The lowest BCUT2D eigenvalue weighted by atomic mass is 9.98. The molecule has 0 radical (unpaired) electrons. The number of carbonyl (C=O) groups excluding carboxylic acids is 3. The minimum Gasteiger partial charge on any atom is -0.507 e. The molecule has 1 aliphatic rings. The van der Waals surface area contributed by atoms with Gasteiger partial charge in [-0.3, -0.25) is 19.4 Å². The van der Waals surface area contributed by atoms with Crippen molar-refractivity contribution in [3.8, 4) is 16.9 Å². The standard InChI is InChI=1S/C26H29FN6O5/c27-20-6-5-17-14-18(20)19-13-16(4-7-21(19)34)8-10-28-23(35)3-1-11-33(12-2-9-29-25(17)37)24(36)15-22-30-26(38)32-31-22/h4-7,13-14,34H,1-3,8-12,15H2,(H,28,35)(H,29,37)(H2,30,31,32,38). The molecule has 0 unspecified atom stereocenters. The number of aromatic hydroxyl groups is 1. The predicted molar refractivity (Wildman–Crippen MR) is 136 cm³/mol. The highest BCUT2D eigenvalue weighted by Crippen LogP contribution is 2.32. The zero-order chi connectivity index (χ0) is 27.1. The van der Waals surface area contributed by atoms with Crippen molar-refractivity contribution in [1.29, 1.82) is 0 Å². The van der Waals surface area contributed by atoms with Gasteiger partial charge in [0.15, 0.2) is 0 Å². The maximum absolute atomic E-state index is 14.7. The van der Waals surface area contributed by atoms with Crippen molar-refractivity contribution in [3.05, 3.63) is 69.7 Å². The van der Waals surface area contributed by atoms with Crippen LogP contribution in [-0.4, -0.2) is 69.1 Å². The number of phenols is 1. The second-order valence-corrected chi connectivity index (χ2v) is 9.04. The van der Waals surface area contributed by atoms with Crippen LogP contribution >= 0.6 is 0 Å². The van der Waals surface area contributed by atoms with Gasteiger partial charge in [-0.25, -0.2) is 14.3 Å². The first-order valence-electron chi connectivity index (χ1n) is 12.4. The topological polar surface area (TPSA) is 160 Å². The number of nitrogens with one attached hydrogen (secondary N) is 4. The van der Waals surface area contributed by atoms with E-state index in [1.165, 1.54) is 24.3 Å². The van der Waals surface area contributed by atoms with Crippen molar-refractivity contribution in [2.75, 3.05) is 26.2 Å². The van der Waals surface area contributed by atoms with E-state index in [-0.39, 0.29) is 59.5 Å². The van der Waals surface area contributed by atoms with E-state index in [4.69, 9.17) is 0 Å². The molecular formula is C26H29FN6O5. The average Bonchev–Trinajstić information content (AvgIpc) is 3.30. The Labute approximate surface area is 217 Å². The van der Waals surface area contributed by atoms with Gasteiger partial charge in [-0.2, -0.15) is 5.10 Å². The maximum atomic E-state index is 14.7. The highest BCUT2D eigenvalue weighted by Gasteiger charge is 2.18. The summed E-state index contributed by atoms with van der Waals surface area (Å²) in [7, 11) is 0. The van der Waals surface area contributed by atoms with Crippen LogP contribution in [0.25, 0.3) is 11.1 Å². The number of fused-ring (bicyclic) bond motifs is 5. The maximum Gasteiger partial charge on any atom is 0.340 e. The third kappa shape index (κ3) is 6.84. The van der Waals surface area contributed by atoms with Crippen LogP contribution in [0.4, 0.5) is 4.39 Å². The van der Waals surface area contributed by atoms with Gasteiger partial charge in [-0.05, 0) is 55.2 Å². The number of nitrogens with zero attached hydrogens (tertiary/aromatic N) is 2. The lowest BCUT2D eigenvalue weighted by Crippen LogP contribution is -2.37. The SMILES string of the molecule is O=C1CCCN(C(=O)Cc2n[nH]c(=O)[nH]2)CCCNC(=O)c2ccc(F)c(c2)-c2cc(ccc2O)CCN1. The zero-order valence-electron chi connectivity index (χ0n) is 20.7. The Morgan fingerprint density at radius 2 is 1.79 bits per heavy atom. The second kappa shape index (κ2) is 12.2. The Hall–Kier alpha value is -4.48. The van der Waals surface area contributed by atoms with E-state index in [9.17, 15) is 28.7 Å². The number of aromatic nitrogens is 3. The molecule has 4 rings (SSSR count). The van der Waals surface area contributed by atoms with Crippen molar-refractivity contribution in [2.24, 2.45) is 0 Å². The Kier molecular flexibility index (Phi) is 8.51. The van der Waals surface area contributed by atoms with Crippen molar-refractivity contribution in [1.82, 2.24) is 30.7 Å². The molecule has 200 valence electrons. The number of amides is 3. The molecule has 5 N–H and O–H groups in total. The van der Waals surface area contributed by atoms with E-state index >= 15 is 0 Å². The first-order chi connectivity index (χ1) is 18.3. The molecule has 3 aromatic rings. The number of halogens is 1. The van der Waals surface area contributed by atoms with Crippen LogP contribution in [0.3, 0.4) is 0 Å². The van der Waals surface area contributed by atoms with Crippen molar-refractivity contribution >= 4 is 17.7 Å². The minimum atomic E-state index is -0.583. The lowest BCUT2D eigenvalue weighted by molar-refractivity contribution is -0.131. The summed E-state index contributed by atoms with van der Waals surface area (Å²) >= 11 is 0. The van der Waals surface area contributed by atoms with Gasteiger partial charge in [-0.15, -0.1) is 0 Å². The molecule has 0 saturated heterocycles. The summed E-state index contributed by atoms with van der Waals surface area (Å²) in [5.41, 5.74) is 0.844. The molecule has 12 heteroatoms. The Balaban J connectivity index is 1.52. The third-order valence-corrected chi connectivity index (χ3v) is 6.26. The number of carbonyl (C=O) groups is 3. The van der Waals surface area contributed by atoms with Crippen LogP contribution < -0.4 is 16.3 Å². The normalized spacial score (nSPS) is 15.6. The smallest absolute Gasteiger partial charge is 0.340 e. The fourth-order valence-corrected chi connectivity index (χ4v) is 4.27. The van der Waals surface area contributed by atoms with E-state index in [2.05, 4.69) is 25.8 Å². The van der Waals surface area contributed by atoms with Gasteiger partial charge in [0, 0.05) is 49.3 Å². The van der Waals surface area contributed by atoms with Crippen molar-refractivity contribution < 1.29 is 23.9 Å². The van der Waals surface area contributed by atoms with Crippen molar-refractivity contribution in [3.63, 3.8) is 0 Å². The fraction of sp³-hybridized carbons (Fsp3) is 0.346. The van der Waals surface area contributed by atoms with Crippen molar-refractivity contribution in [2.45, 2.75) is 32.1 Å². The minimum absolute atomic E-state index is 0.0899. The van der Waals surface area contributed by atoms with Gasteiger partial charge < -0.3 is 20.6 Å². The van der Waals surface area contributed by atoms with Gasteiger partial charge in [0.2, 0.25) is 11.8 Å². The third-order valence-electron chi connectivity index (χ3n) is 6.26. The number of rotatable bonds is 2. The molecule has 0 fully saturated rings. The molecule has 2 aromatic carbocycles. The van der Waals surface area contributed by atoms with Gasteiger partial charge in [0.25, 0.3) is 5.91 Å². The number of H-pyrrole nitrogens is 2. The van der Waals surface area contributed by atoms with E-state index in [0.29, 0.717) is 38.9 Å². The molecular weight excluding hydrogens is 495 g/mol. The zero-order valence-corrected chi connectivity index (χ0v) is 20.7. The molecule has 1 aromatic heterocycles. The van der Waals surface area contributed by atoms with E-state index in [1.54, 1.807) is 17.0 Å². The average molecular weight is 525 g/mol. The van der Waals surface area contributed by atoms with Crippen LogP contribution in [0, 0.1) is 5.82 Å². The summed E-state index contributed by atoms with van der Waals surface area (Å²) in [6, 6.07) is 8.74. The van der Waals surface area contributed by atoms with Gasteiger partial charge in [-0.1, -0.05) is 6.07 Å². The summed E-state index contributed by atoms with van der Waals surface area (Å²) < 4.78 is 14.7. The first-order valence-corrected chi connectivity index (χ1v) is 12.4. The molecule has 0 aliphatic carbocycles. The van der Waals surface area contributed by atoms with Crippen LogP contribution in [0.15, 0.2) is 41.2 Å². The molecule has 11 nitrogen and oxygen atoms in total. The molecule has 4 bridgehead atoms. The molecule has 38 heavy (non-hydrogen) atoms. The number of aromatic amines is 2. The summed E-state index contributed by atoms with van der Waals surface area (Å²) in [6.07, 6.45) is 1.40. The summed E-state index contributed by atoms with van der Waals surface area (Å²) in [5.74, 6) is -1.35. The Morgan fingerprint density at radius 1 is 0.974 bits per heavy atom. The van der Waals surface area contributed by atoms with Crippen LogP contribution in [0.1, 0.15) is 41.0 Å². The van der Waals surface area contributed by atoms with E-state index < -0.39 is 17.4 Å². The molecule has 0 spiro atoms. The lowest BCUT2D eigenvalue weighted by Gasteiger charge is -2.22. The van der Waals surface area contributed by atoms with E-state index in [1.807, 2.05) is 0 Å². The van der Waals surface area contributed by atoms with Gasteiger partial charge in [0.05, 0.1) is 6.42 Å². The fourth-order valence-electron chi connectivity index (χ4n) is 4.27. The van der Waals surface area contributed by atoms with Gasteiger partial charge in [0.1, 0.15) is 17.4 Å². The molecule has 3 amide bonds. The van der Waals surface area contributed by atoms with Crippen LogP contribution in [-0.2, 0) is 22.4 Å². The predicted octanol–water partition coefficient (Wildman–Crippen LogP) is 1.25. The van der Waals surface area contributed by atoms with E-state index in [0.717, 1.165) is 5.56 Å². The first kappa shape index (κ1) is 26.6. The summed E-state index contributed by atoms with van der Waals surface area (Å²) in [5, 5.41) is 22.0. The van der Waals surface area contributed by atoms with Gasteiger partial charge >= 0.3 is 5.69 Å². The number of phenolic OH excluding ortho intramolecular Hbond substituents is 1. The highest BCUT2D eigenvalue weighted by atomic mass is 19.1. The largest absolute Gasteiger partial charge is 0.507 e. The number of hydrogen-bond acceptors (Lipinski definition) is 6. The van der Waals surface area contributed by atoms with Crippen LogP contribution in [0.2, 0.25) is 0 Å². The molecule has 1 aliphatic heterocycles. The second-order valence-electron chi connectivity index (χ2n) is 9.04. The molecule has 2 heterocycles.